The Balaban J connectivity index is 1.43. The van der Waals surface area contributed by atoms with Gasteiger partial charge in [-0.05, 0) is 81.4 Å². The molecular formula is C24H23IN2O2. The van der Waals surface area contributed by atoms with Crippen molar-refractivity contribution in [1.29, 1.82) is 0 Å². The van der Waals surface area contributed by atoms with E-state index in [1.165, 1.54) is 22.3 Å². The molecule has 5 heteroatoms. The molecule has 29 heavy (non-hydrogen) atoms. The molecule has 0 heterocycles. The number of fused-ring (bicyclic) bond motifs is 3. The number of ether oxygens (including phenoxy) is 1. The van der Waals surface area contributed by atoms with Gasteiger partial charge >= 0.3 is 6.09 Å². The number of hydrogen-bond acceptors (Lipinski definition) is 3. The number of halogens is 1. The molecule has 4 nitrogen and oxygen atoms in total. The lowest BCUT2D eigenvalue weighted by Gasteiger charge is -2.16. The second-order valence-electron chi connectivity index (χ2n) is 7.36. The van der Waals surface area contributed by atoms with Gasteiger partial charge < -0.3 is 15.8 Å². The van der Waals surface area contributed by atoms with E-state index < -0.39 is 6.09 Å². The number of nitrogen functional groups attached to an aromatic ring is 1. The third kappa shape index (κ3) is 3.71. The number of anilines is 1. The van der Waals surface area contributed by atoms with Gasteiger partial charge in [-0.15, -0.1) is 0 Å². The molecule has 4 rings (SSSR count). The number of hydrogen-bond donors (Lipinski definition) is 2. The van der Waals surface area contributed by atoms with E-state index in [2.05, 4.69) is 58.2 Å². The molecule has 1 aliphatic rings. The molecule has 0 aromatic heterocycles. The van der Waals surface area contributed by atoms with Crippen LogP contribution < -0.4 is 11.1 Å². The Bertz CT molecular complexity index is 1050. The first kappa shape index (κ1) is 19.8. The van der Waals surface area contributed by atoms with Gasteiger partial charge in [0.15, 0.2) is 0 Å². The topological polar surface area (TPSA) is 64.3 Å². The molecule has 0 atom stereocenters. The van der Waals surface area contributed by atoms with Crippen molar-refractivity contribution in [3.05, 3.63) is 86.0 Å². The van der Waals surface area contributed by atoms with Crippen LogP contribution in [0.25, 0.3) is 11.1 Å². The minimum absolute atomic E-state index is 0.0610. The maximum absolute atomic E-state index is 12.4. The summed E-state index contributed by atoms with van der Waals surface area (Å²) in [5.41, 5.74) is 14.9. The second-order valence-corrected chi connectivity index (χ2v) is 8.52. The molecule has 0 saturated heterocycles. The summed E-state index contributed by atoms with van der Waals surface area (Å²) in [5.74, 6) is 0.0610. The number of nitrogens with one attached hydrogen (secondary N) is 1. The van der Waals surface area contributed by atoms with Crippen molar-refractivity contribution in [3.8, 4) is 11.1 Å². The van der Waals surface area contributed by atoms with E-state index >= 15 is 0 Å². The van der Waals surface area contributed by atoms with E-state index in [9.17, 15) is 4.79 Å². The molecule has 1 amide bonds. The molecule has 0 bridgehead atoms. The summed E-state index contributed by atoms with van der Waals surface area (Å²) < 4.78 is 6.69. The van der Waals surface area contributed by atoms with Crippen molar-refractivity contribution < 1.29 is 9.53 Å². The van der Waals surface area contributed by atoms with Gasteiger partial charge in [0.25, 0.3) is 0 Å². The zero-order chi connectivity index (χ0) is 20.5. The summed E-state index contributed by atoms with van der Waals surface area (Å²) in [5, 5.41) is 2.87. The van der Waals surface area contributed by atoms with Crippen LogP contribution in [0.1, 0.15) is 33.7 Å². The van der Waals surface area contributed by atoms with Crippen LogP contribution in [0.5, 0.6) is 0 Å². The van der Waals surface area contributed by atoms with Crippen LogP contribution in [0.15, 0.2) is 54.6 Å². The number of benzene rings is 3. The van der Waals surface area contributed by atoms with E-state index in [1.807, 2.05) is 38.1 Å². The normalized spacial score (nSPS) is 12.4. The Hall–Kier alpha value is -2.54. The van der Waals surface area contributed by atoms with Gasteiger partial charge in [0, 0.05) is 21.7 Å². The predicted octanol–water partition coefficient (Wildman–Crippen LogP) is 5.53. The van der Waals surface area contributed by atoms with Gasteiger partial charge in [0.05, 0.1) is 0 Å². The van der Waals surface area contributed by atoms with Gasteiger partial charge in [0.2, 0.25) is 0 Å². The quantitative estimate of drug-likeness (QED) is 0.368. The molecule has 3 aromatic rings. The van der Waals surface area contributed by atoms with E-state index in [1.54, 1.807) is 0 Å². The summed E-state index contributed by atoms with van der Waals surface area (Å²) in [6.07, 6.45) is -0.416. The summed E-state index contributed by atoms with van der Waals surface area (Å²) in [6.45, 7) is 4.69. The van der Waals surface area contributed by atoms with Crippen molar-refractivity contribution in [3.63, 3.8) is 0 Å². The lowest BCUT2D eigenvalue weighted by atomic mass is 9.98. The number of nitrogens with two attached hydrogens (primary N) is 1. The minimum Gasteiger partial charge on any atom is -0.449 e. The molecule has 148 valence electrons. The standard InChI is InChI=1S/C24H23IN2O2/c1-14-16(11-22(25)15(2)23(14)26)12-27-24(28)29-13-21-19-9-5-3-7-17(19)18-8-4-6-10-20(18)21/h3-11,21H,12-13,26H2,1-2H3,(H,27,28). The third-order valence-corrected chi connectivity index (χ3v) is 6.84. The van der Waals surface area contributed by atoms with Gasteiger partial charge in [0.1, 0.15) is 6.61 Å². The molecular weight excluding hydrogens is 475 g/mol. The molecule has 3 N–H and O–H groups in total. The van der Waals surface area contributed by atoms with Crippen molar-refractivity contribution in [1.82, 2.24) is 5.32 Å². The summed E-state index contributed by atoms with van der Waals surface area (Å²) in [7, 11) is 0. The monoisotopic (exact) mass is 498 g/mol. The van der Waals surface area contributed by atoms with Gasteiger partial charge in [-0.2, -0.15) is 0 Å². The van der Waals surface area contributed by atoms with Crippen LogP contribution in [0.4, 0.5) is 10.5 Å². The highest BCUT2D eigenvalue weighted by Crippen LogP contribution is 2.44. The summed E-state index contributed by atoms with van der Waals surface area (Å²) >= 11 is 2.27. The number of carbonyl (C=O) groups excluding carboxylic acids is 1. The highest BCUT2D eigenvalue weighted by Gasteiger charge is 2.28. The first-order chi connectivity index (χ1) is 14.0. The van der Waals surface area contributed by atoms with Crippen LogP contribution in [0.2, 0.25) is 0 Å². The molecule has 0 fully saturated rings. The first-order valence-corrected chi connectivity index (χ1v) is 10.7. The lowest BCUT2D eigenvalue weighted by Crippen LogP contribution is -2.26. The predicted molar refractivity (Wildman–Crippen MR) is 125 cm³/mol. The SMILES string of the molecule is Cc1c(I)cc(CNC(=O)OCC2c3ccccc3-c3ccccc32)c(C)c1N. The Kier molecular flexibility index (Phi) is 5.50. The van der Waals surface area contributed by atoms with Crippen molar-refractivity contribution in [2.45, 2.75) is 26.3 Å². The highest BCUT2D eigenvalue weighted by atomic mass is 127. The number of alkyl carbamates (subject to hydrolysis) is 1. The lowest BCUT2D eigenvalue weighted by molar-refractivity contribution is 0.142. The van der Waals surface area contributed by atoms with Gasteiger partial charge in [-0.3, -0.25) is 0 Å². The van der Waals surface area contributed by atoms with E-state index in [4.69, 9.17) is 10.5 Å². The van der Waals surface area contributed by atoms with Crippen molar-refractivity contribution in [2.24, 2.45) is 0 Å². The maximum atomic E-state index is 12.4. The number of rotatable bonds is 4. The summed E-state index contributed by atoms with van der Waals surface area (Å²) in [4.78, 5) is 12.4. The number of carbonyl (C=O) groups is 1. The van der Waals surface area contributed by atoms with Crippen LogP contribution in [-0.2, 0) is 11.3 Å². The van der Waals surface area contributed by atoms with E-state index in [0.29, 0.717) is 13.2 Å². The Morgan fingerprint density at radius 3 is 2.24 bits per heavy atom. The molecule has 1 aliphatic carbocycles. The number of amides is 1. The van der Waals surface area contributed by atoms with E-state index in [0.717, 1.165) is 25.9 Å². The second kappa shape index (κ2) is 8.06. The van der Waals surface area contributed by atoms with Crippen LogP contribution >= 0.6 is 22.6 Å². The summed E-state index contributed by atoms with van der Waals surface area (Å²) in [6, 6.07) is 18.7. The molecule has 0 saturated carbocycles. The fourth-order valence-corrected chi connectivity index (χ4v) is 4.62. The van der Waals surface area contributed by atoms with Gasteiger partial charge in [-0.1, -0.05) is 48.5 Å². The maximum Gasteiger partial charge on any atom is 0.407 e. The molecule has 0 aliphatic heterocycles. The zero-order valence-electron chi connectivity index (χ0n) is 16.5. The van der Waals surface area contributed by atoms with Crippen LogP contribution in [0, 0.1) is 17.4 Å². The van der Waals surface area contributed by atoms with Crippen molar-refractivity contribution in [2.75, 3.05) is 12.3 Å². The van der Waals surface area contributed by atoms with Crippen LogP contribution in [0.3, 0.4) is 0 Å². The highest BCUT2D eigenvalue weighted by molar-refractivity contribution is 14.1. The largest absolute Gasteiger partial charge is 0.449 e. The average molecular weight is 498 g/mol. The van der Waals surface area contributed by atoms with Gasteiger partial charge in [-0.25, -0.2) is 4.79 Å². The fourth-order valence-electron chi connectivity index (χ4n) is 3.95. The molecule has 0 unspecified atom stereocenters. The van der Waals surface area contributed by atoms with E-state index in [-0.39, 0.29) is 5.92 Å². The third-order valence-electron chi connectivity index (χ3n) is 5.72. The fraction of sp³-hybridized carbons (Fsp3) is 0.208. The molecule has 0 spiro atoms. The smallest absolute Gasteiger partial charge is 0.407 e. The van der Waals surface area contributed by atoms with Crippen molar-refractivity contribution >= 4 is 34.4 Å². The Labute approximate surface area is 184 Å². The first-order valence-electron chi connectivity index (χ1n) is 9.60. The zero-order valence-corrected chi connectivity index (χ0v) is 18.6. The Morgan fingerprint density at radius 2 is 1.62 bits per heavy atom. The average Bonchev–Trinajstić information content (AvgIpc) is 3.06. The molecule has 3 aromatic carbocycles. The van der Waals surface area contributed by atoms with Crippen LogP contribution in [-0.4, -0.2) is 12.7 Å². The molecule has 0 radical (unpaired) electrons. The minimum atomic E-state index is -0.416. The Morgan fingerprint density at radius 1 is 1.03 bits per heavy atom.